The van der Waals surface area contributed by atoms with Crippen LogP contribution in [-0.4, -0.2) is 28.0 Å². The van der Waals surface area contributed by atoms with E-state index < -0.39 is 28.3 Å². The topological polar surface area (TPSA) is 59.4 Å². The van der Waals surface area contributed by atoms with Gasteiger partial charge in [-0.05, 0) is 25.8 Å². The molecule has 9 heteroatoms. The van der Waals surface area contributed by atoms with Gasteiger partial charge in [0.1, 0.15) is 0 Å². The standard InChI is InChI=1S/C17H16F3N3O2S/c1-8-21-16-12(17(24)22-23(16)9-4-6-25-7-5-9)15(26-8)10-2-3-11(18)14(20)13(10)19/h2-3,9,15H,4-7H2,1H3,(H,22,24). The van der Waals surface area contributed by atoms with E-state index in [2.05, 4.69) is 10.1 Å². The van der Waals surface area contributed by atoms with Gasteiger partial charge in [-0.2, -0.15) is 0 Å². The first-order chi connectivity index (χ1) is 12.5. The van der Waals surface area contributed by atoms with Gasteiger partial charge in [-0.1, -0.05) is 17.8 Å². The maximum atomic E-state index is 14.4. The van der Waals surface area contributed by atoms with E-state index in [1.54, 1.807) is 11.6 Å². The van der Waals surface area contributed by atoms with Crippen LogP contribution < -0.4 is 5.56 Å². The molecule has 1 atom stereocenters. The largest absolute Gasteiger partial charge is 0.381 e. The summed E-state index contributed by atoms with van der Waals surface area (Å²) in [5.74, 6) is -3.65. The lowest BCUT2D eigenvalue weighted by atomic mass is 10.0. The van der Waals surface area contributed by atoms with Gasteiger partial charge in [0, 0.05) is 18.8 Å². The first kappa shape index (κ1) is 17.4. The van der Waals surface area contributed by atoms with Gasteiger partial charge in [0.25, 0.3) is 5.56 Å². The number of nitrogens with one attached hydrogen (secondary N) is 1. The quantitative estimate of drug-likeness (QED) is 0.802. The third-order valence-corrected chi connectivity index (χ3v) is 5.81. The highest BCUT2D eigenvalue weighted by molar-refractivity contribution is 8.14. The van der Waals surface area contributed by atoms with Crippen molar-refractivity contribution in [3.63, 3.8) is 0 Å². The van der Waals surface area contributed by atoms with Gasteiger partial charge in [0.15, 0.2) is 23.3 Å². The number of fused-ring (bicyclic) bond motifs is 1. The molecule has 138 valence electrons. The van der Waals surface area contributed by atoms with Crippen LogP contribution in [-0.2, 0) is 4.74 Å². The molecule has 2 aliphatic heterocycles. The van der Waals surface area contributed by atoms with Crippen LogP contribution in [0.25, 0.3) is 0 Å². The molecule has 1 N–H and O–H groups in total. The average molecular weight is 383 g/mol. The highest BCUT2D eigenvalue weighted by Gasteiger charge is 2.34. The maximum Gasteiger partial charge on any atom is 0.271 e. The number of hydrogen-bond acceptors (Lipinski definition) is 4. The van der Waals surface area contributed by atoms with Crippen LogP contribution in [0.5, 0.6) is 0 Å². The Labute approximate surface area is 151 Å². The zero-order chi connectivity index (χ0) is 18.4. The number of rotatable bonds is 2. The molecular formula is C17H16F3N3O2S. The molecule has 5 nitrogen and oxygen atoms in total. The van der Waals surface area contributed by atoms with Crippen molar-refractivity contribution in [2.24, 2.45) is 4.99 Å². The molecule has 0 aliphatic carbocycles. The summed E-state index contributed by atoms with van der Waals surface area (Å²) in [7, 11) is 0. The summed E-state index contributed by atoms with van der Waals surface area (Å²) in [5.41, 5.74) is -0.207. The number of aliphatic imine (C=N–C) groups is 1. The second-order valence-corrected chi connectivity index (χ2v) is 7.58. The van der Waals surface area contributed by atoms with Crippen molar-refractivity contribution in [3.8, 4) is 0 Å². The van der Waals surface area contributed by atoms with E-state index in [9.17, 15) is 18.0 Å². The molecule has 0 spiro atoms. The number of ether oxygens (including phenoxy) is 1. The van der Waals surface area contributed by atoms with Crippen LogP contribution in [0.4, 0.5) is 19.0 Å². The van der Waals surface area contributed by atoms with Crippen LogP contribution in [0, 0.1) is 17.5 Å². The fourth-order valence-electron chi connectivity index (χ4n) is 3.38. The first-order valence-corrected chi connectivity index (χ1v) is 9.13. The second-order valence-electron chi connectivity index (χ2n) is 6.29. The molecule has 1 aromatic carbocycles. The number of aromatic nitrogens is 2. The molecular weight excluding hydrogens is 367 g/mol. The van der Waals surface area contributed by atoms with Crippen molar-refractivity contribution in [1.82, 2.24) is 9.78 Å². The molecule has 1 fully saturated rings. The predicted molar refractivity (Wildman–Crippen MR) is 92.7 cm³/mol. The minimum absolute atomic E-state index is 0.0234. The van der Waals surface area contributed by atoms with E-state index in [0.717, 1.165) is 30.7 Å². The smallest absolute Gasteiger partial charge is 0.271 e. The number of nitrogens with zero attached hydrogens (tertiary/aromatic N) is 2. The summed E-state index contributed by atoms with van der Waals surface area (Å²) < 4.78 is 48.4. The average Bonchev–Trinajstić information content (AvgIpc) is 2.96. The summed E-state index contributed by atoms with van der Waals surface area (Å²) in [5, 5.41) is 2.61. The van der Waals surface area contributed by atoms with Gasteiger partial charge in [-0.25, -0.2) is 18.2 Å². The highest BCUT2D eigenvalue weighted by atomic mass is 32.2. The summed E-state index contributed by atoms with van der Waals surface area (Å²) in [6, 6.07) is 2.08. The monoisotopic (exact) mass is 383 g/mol. The van der Waals surface area contributed by atoms with Gasteiger partial charge in [-0.15, -0.1) is 0 Å². The van der Waals surface area contributed by atoms with Crippen molar-refractivity contribution in [3.05, 3.63) is 51.1 Å². The van der Waals surface area contributed by atoms with Gasteiger partial charge in [-0.3, -0.25) is 14.6 Å². The van der Waals surface area contributed by atoms with Gasteiger partial charge < -0.3 is 4.74 Å². The van der Waals surface area contributed by atoms with E-state index in [1.165, 1.54) is 6.07 Å². The van der Waals surface area contributed by atoms with Crippen molar-refractivity contribution in [2.75, 3.05) is 13.2 Å². The minimum atomic E-state index is -1.54. The predicted octanol–water partition coefficient (Wildman–Crippen LogP) is 3.83. The van der Waals surface area contributed by atoms with Gasteiger partial charge >= 0.3 is 0 Å². The number of benzene rings is 1. The summed E-state index contributed by atoms with van der Waals surface area (Å²) in [6.45, 7) is 2.90. The van der Waals surface area contributed by atoms with Crippen molar-refractivity contribution in [2.45, 2.75) is 31.1 Å². The molecule has 0 saturated carbocycles. The van der Waals surface area contributed by atoms with Gasteiger partial charge in [0.2, 0.25) is 0 Å². The molecule has 0 bridgehead atoms. The van der Waals surface area contributed by atoms with E-state index >= 15 is 0 Å². The number of hydrogen-bond donors (Lipinski definition) is 1. The number of halogens is 3. The molecule has 26 heavy (non-hydrogen) atoms. The Bertz CT molecular complexity index is 947. The lowest BCUT2D eigenvalue weighted by Gasteiger charge is -2.26. The summed E-state index contributed by atoms with van der Waals surface area (Å²) in [6.07, 6.45) is 1.45. The van der Waals surface area contributed by atoms with Crippen molar-refractivity contribution in [1.29, 1.82) is 0 Å². The van der Waals surface area contributed by atoms with Crippen LogP contribution >= 0.6 is 11.8 Å². The molecule has 3 heterocycles. The van der Waals surface area contributed by atoms with E-state index in [-0.39, 0.29) is 17.2 Å². The molecule has 0 radical (unpaired) electrons. The number of thioether (sulfide) groups is 1. The Morgan fingerprint density at radius 3 is 2.69 bits per heavy atom. The Morgan fingerprint density at radius 2 is 1.96 bits per heavy atom. The third kappa shape index (κ3) is 2.79. The third-order valence-electron chi connectivity index (χ3n) is 4.65. The van der Waals surface area contributed by atoms with Gasteiger partial charge in [0.05, 0.1) is 21.9 Å². The Kier molecular flexibility index (Phi) is 4.44. The van der Waals surface area contributed by atoms with Crippen LogP contribution in [0.1, 0.15) is 42.2 Å². The molecule has 1 aromatic heterocycles. The molecule has 1 unspecified atom stereocenters. The normalized spacial score (nSPS) is 20.8. The fraction of sp³-hybridized carbons (Fsp3) is 0.412. The molecule has 0 amide bonds. The maximum absolute atomic E-state index is 14.4. The lowest BCUT2D eigenvalue weighted by molar-refractivity contribution is 0.0666. The van der Waals surface area contributed by atoms with Crippen molar-refractivity contribution < 1.29 is 17.9 Å². The van der Waals surface area contributed by atoms with E-state index in [0.29, 0.717) is 24.1 Å². The van der Waals surface area contributed by atoms with Crippen LogP contribution in [0.15, 0.2) is 21.9 Å². The zero-order valence-electron chi connectivity index (χ0n) is 13.9. The van der Waals surface area contributed by atoms with E-state index in [4.69, 9.17) is 4.74 Å². The molecule has 2 aromatic rings. The fourth-order valence-corrected chi connectivity index (χ4v) is 4.50. The second kappa shape index (κ2) is 6.62. The Hall–Kier alpha value is -2.00. The van der Waals surface area contributed by atoms with E-state index in [1.807, 2.05) is 0 Å². The van der Waals surface area contributed by atoms with Crippen LogP contribution in [0.3, 0.4) is 0 Å². The lowest BCUT2D eigenvalue weighted by Crippen LogP contribution is -2.21. The Morgan fingerprint density at radius 1 is 1.23 bits per heavy atom. The summed E-state index contributed by atoms with van der Waals surface area (Å²) >= 11 is 1.15. The Balaban J connectivity index is 1.85. The minimum Gasteiger partial charge on any atom is -0.381 e. The zero-order valence-corrected chi connectivity index (χ0v) is 14.7. The summed E-state index contributed by atoms with van der Waals surface area (Å²) in [4.78, 5) is 17.1. The molecule has 4 rings (SSSR count). The highest BCUT2D eigenvalue weighted by Crippen LogP contribution is 2.45. The van der Waals surface area contributed by atoms with Crippen LogP contribution in [0.2, 0.25) is 0 Å². The van der Waals surface area contributed by atoms with Crippen molar-refractivity contribution >= 4 is 22.6 Å². The first-order valence-electron chi connectivity index (χ1n) is 8.25. The number of H-pyrrole nitrogens is 1. The SMILES string of the molecule is CC1=Nc2c(c(=O)[nH]n2C2CCOCC2)C(c2ccc(F)c(F)c2F)S1. The number of aromatic amines is 1. The molecule has 2 aliphatic rings. The molecule has 1 saturated heterocycles.